The van der Waals surface area contributed by atoms with Crippen molar-refractivity contribution in [3.63, 3.8) is 0 Å². The predicted molar refractivity (Wildman–Crippen MR) is 133 cm³/mol. The first-order valence-corrected chi connectivity index (χ1v) is 12.1. The number of piperidine rings is 1. The van der Waals surface area contributed by atoms with Crippen LogP contribution in [0.15, 0.2) is 84.9 Å². The SMILES string of the molecule is CN(C(=O)c1ccc(Oc2ccccc2)cc1)C(O[C@@H]1C[C@H]2CC[C@@H](C1)N2C)c1ccccc1. The molecular weight excluding hydrogens is 424 g/mol. The highest BCUT2D eigenvalue weighted by molar-refractivity contribution is 5.94. The van der Waals surface area contributed by atoms with Crippen LogP contribution in [-0.4, -0.2) is 48.0 Å². The van der Waals surface area contributed by atoms with Crippen molar-refractivity contribution in [3.8, 4) is 11.5 Å². The molecular formula is C29H32N2O3. The molecule has 2 aliphatic heterocycles. The first-order valence-electron chi connectivity index (χ1n) is 12.1. The van der Waals surface area contributed by atoms with E-state index in [2.05, 4.69) is 11.9 Å². The second kappa shape index (κ2) is 10.00. The molecule has 0 saturated carbocycles. The van der Waals surface area contributed by atoms with Gasteiger partial charge in [0.15, 0.2) is 6.23 Å². The molecule has 2 fully saturated rings. The molecule has 1 unspecified atom stereocenters. The zero-order valence-electron chi connectivity index (χ0n) is 19.8. The van der Waals surface area contributed by atoms with Gasteiger partial charge in [0.25, 0.3) is 5.91 Å². The fourth-order valence-corrected chi connectivity index (χ4v) is 5.27. The Morgan fingerprint density at radius 1 is 0.853 bits per heavy atom. The smallest absolute Gasteiger partial charge is 0.255 e. The second-order valence-corrected chi connectivity index (χ2v) is 9.40. The fraction of sp³-hybridized carbons (Fsp3) is 0.345. The van der Waals surface area contributed by atoms with Crippen LogP contribution in [0.4, 0.5) is 0 Å². The summed E-state index contributed by atoms with van der Waals surface area (Å²) < 4.78 is 12.5. The largest absolute Gasteiger partial charge is 0.457 e. The first-order chi connectivity index (χ1) is 16.6. The maximum absolute atomic E-state index is 13.5. The maximum Gasteiger partial charge on any atom is 0.255 e. The lowest BCUT2D eigenvalue weighted by molar-refractivity contribution is -0.106. The molecule has 5 rings (SSSR count). The van der Waals surface area contributed by atoms with E-state index in [1.807, 2.05) is 92.0 Å². The topological polar surface area (TPSA) is 42.0 Å². The van der Waals surface area contributed by atoms with Gasteiger partial charge in [0.05, 0.1) is 6.10 Å². The van der Waals surface area contributed by atoms with E-state index in [0.717, 1.165) is 24.2 Å². The summed E-state index contributed by atoms with van der Waals surface area (Å²) >= 11 is 0. The zero-order valence-corrected chi connectivity index (χ0v) is 19.8. The molecule has 0 aliphatic carbocycles. The van der Waals surface area contributed by atoms with Gasteiger partial charge in [0.1, 0.15) is 11.5 Å². The summed E-state index contributed by atoms with van der Waals surface area (Å²) in [5, 5.41) is 0. The summed E-state index contributed by atoms with van der Waals surface area (Å²) in [6.45, 7) is 0. The number of hydrogen-bond acceptors (Lipinski definition) is 4. The fourth-order valence-electron chi connectivity index (χ4n) is 5.27. The van der Waals surface area contributed by atoms with E-state index in [4.69, 9.17) is 9.47 Å². The molecule has 3 aromatic carbocycles. The number of carbonyl (C=O) groups excluding carboxylic acids is 1. The summed E-state index contributed by atoms with van der Waals surface area (Å²) in [7, 11) is 4.06. The Bertz CT molecular complexity index is 1070. The molecule has 0 aromatic heterocycles. The molecule has 1 amide bonds. The highest BCUT2D eigenvalue weighted by Crippen LogP contribution is 2.38. The minimum absolute atomic E-state index is 0.0731. The number of hydrogen-bond donors (Lipinski definition) is 0. The van der Waals surface area contributed by atoms with Gasteiger partial charge in [-0.2, -0.15) is 0 Å². The van der Waals surface area contributed by atoms with Gasteiger partial charge >= 0.3 is 0 Å². The van der Waals surface area contributed by atoms with E-state index in [-0.39, 0.29) is 12.0 Å². The van der Waals surface area contributed by atoms with Crippen molar-refractivity contribution >= 4 is 5.91 Å². The van der Waals surface area contributed by atoms with Gasteiger partial charge < -0.3 is 19.3 Å². The Kier molecular flexibility index (Phi) is 6.66. The lowest BCUT2D eigenvalue weighted by Gasteiger charge is -2.39. The van der Waals surface area contributed by atoms with Crippen LogP contribution < -0.4 is 4.74 Å². The minimum Gasteiger partial charge on any atom is -0.457 e. The molecule has 2 heterocycles. The minimum atomic E-state index is -0.429. The van der Waals surface area contributed by atoms with Crippen molar-refractivity contribution in [2.45, 2.75) is 50.1 Å². The lowest BCUT2D eigenvalue weighted by Crippen LogP contribution is -2.44. The van der Waals surface area contributed by atoms with Gasteiger partial charge in [0.2, 0.25) is 0 Å². The number of benzene rings is 3. The number of ether oxygens (including phenoxy) is 2. The third kappa shape index (κ3) is 4.86. The van der Waals surface area contributed by atoms with Crippen molar-refractivity contribution in [2.75, 3.05) is 14.1 Å². The Morgan fingerprint density at radius 2 is 1.41 bits per heavy atom. The van der Waals surface area contributed by atoms with Crippen LogP contribution in [0.5, 0.6) is 11.5 Å². The Morgan fingerprint density at radius 3 is 2.03 bits per heavy atom. The van der Waals surface area contributed by atoms with Gasteiger partial charge in [-0.1, -0.05) is 48.5 Å². The molecule has 0 radical (unpaired) electrons. The van der Waals surface area contributed by atoms with Gasteiger partial charge in [-0.25, -0.2) is 0 Å². The van der Waals surface area contributed by atoms with E-state index in [1.165, 1.54) is 12.8 Å². The zero-order chi connectivity index (χ0) is 23.5. The molecule has 0 N–H and O–H groups in total. The molecule has 4 atom stereocenters. The van der Waals surface area contributed by atoms with Crippen LogP contribution in [0.2, 0.25) is 0 Å². The maximum atomic E-state index is 13.5. The second-order valence-electron chi connectivity index (χ2n) is 9.40. The van der Waals surface area contributed by atoms with E-state index in [1.54, 1.807) is 4.90 Å². The molecule has 5 heteroatoms. The lowest BCUT2D eigenvalue weighted by atomic mass is 10.00. The summed E-state index contributed by atoms with van der Waals surface area (Å²) in [5.74, 6) is 1.39. The van der Waals surface area contributed by atoms with Crippen molar-refractivity contribution in [1.82, 2.24) is 9.80 Å². The van der Waals surface area contributed by atoms with Crippen LogP contribution in [0.3, 0.4) is 0 Å². The summed E-state index contributed by atoms with van der Waals surface area (Å²) in [6.07, 6.45) is 4.23. The van der Waals surface area contributed by atoms with Crippen molar-refractivity contribution in [2.24, 2.45) is 0 Å². The molecule has 5 nitrogen and oxygen atoms in total. The number of amides is 1. The Balaban J connectivity index is 1.31. The number of fused-ring (bicyclic) bond motifs is 2. The molecule has 0 spiro atoms. The molecule has 3 aromatic rings. The van der Waals surface area contributed by atoms with Gasteiger partial charge in [-0.3, -0.25) is 4.79 Å². The van der Waals surface area contributed by atoms with Crippen molar-refractivity contribution in [3.05, 3.63) is 96.1 Å². The monoisotopic (exact) mass is 456 g/mol. The predicted octanol–water partition coefficient (Wildman–Crippen LogP) is 5.89. The third-order valence-electron chi connectivity index (χ3n) is 7.21. The summed E-state index contributed by atoms with van der Waals surface area (Å²) in [6, 6.07) is 28.1. The molecule has 2 bridgehead atoms. The Labute approximate surface area is 201 Å². The normalized spacial score (nSPS) is 22.8. The van der Waals surface area contributed by atoms with Gasteiger partial charge in [-0.15, -0.1) is 0 Å². The summed E-state index contributed by atoms with van der Waals surface area (Å²) in [4.78, 5) is 17.7. The average Bonchev–Trinajstić information content (AvgIpc) is 3.08. The van der Waals surface area contributed by atoms with Crippen LogP contribution in [0, 0.1) is 0 Å². The summed E-state index contributed by atoms with van der Waals surface area (Å²) in [5.41, 5.74) is 1.60. The number of rotatable bonds is 7. The van der Waals surface area contributed by atoms with Crippen molar-refractivity contribution < 1.29 is 14.3 Å². The molecule has 2 aliphatic rings. The van der Waals surface area contributed by atoms with Gasteiger partial charge in [0, 0.05) is 30.3 Å². The standard InChI is InChI=1S/C29H32N2O3/c1-30-23-15-16-24(30)20-27(19-23)34-29(22-9-5-3-6-10-22)31(2)28(32)21-13-17-26(18-14-21)33-25-11-7-4-8-12-25/h3-14,17-18,23-24,27,29H,15-16,19-20H2,1-2H3/t23-,24+,27-,29?. The molecule has 176 valence electrons. The van der Waals surface area contributed by atoms with Crippen molar-refractivity contribution in [1.29, 1.82) is 0 Å². The first kappa shape index (κ1) is 22.6. The number of carbonyl (C=O) groups is 1. The quantitative estimate of drug-likeness (QED) is 0.416. The van der Waals surface area contributed by atoms with E-state index < -0.39 is 6.23 Å². The van der Waals surface area contributed by atoms with Crippen LogP contribution in [-0.2, 0) is 4.74 Å². The average molecular weight is 457 g/mol. The highest BCUT2D eigenvalue weighted by Gasteiger charge is 2.40. The van der Waals surface area contributed by atoms with Crippen LogP contribution in [0.1, 0.15) is 47.8 Å². The van der Waals surface area contributed by atoms with E-state index >= 15 is 0 Å². The van der Waals surface area contributed by atoms with Crippen LogP contribution >= 0.6 is 0 Å². The Hall–Kier alpha value is -3.15. The highest BCUT2D eigenvalue weighted by atomic mass is 16.5. The molecule has 2 saturated heterocycles. The third-order valence-corrected chi connectivity index (χ3v) is 7.21. The van der Waals surface area contributed by atoms with E-state index in [0.29, 0.717) is 23.4 Å². The number of para-hydroxylation sites is 1. The van der Waals surface area contributed by atoms with Gasteiger partial charge in [-0.05, 0) is 69.1 Å². The van der Waals surface area contributed by atoms with Crippen LogP contribution in [0.25, 0.3) is 0 Å². The number of nitrogens with zero attached hydrogens (tertiary/aromatic N) is 2. The van der Waals surface area contributed by atoms with E-state index in [9.17, 15) is 4.79 Å². The molecule has 34 heavy (non-hydrogen) atoms.